The number of nitrogens with zero attached hydrogens (tertiary/aromatic N) is 2. The fraction of sp³-hybridized carbons (Fsp3) is 0.750. The Kier molecular flexibility index (Phi) is 3.87. The molecule has 2 rings (SSSR count). The Hall–Kier alpha value is -0.540. The molecular formula is C12H20ClN3. The third-order valence-corrected chi connectivity index (χ3v) is 3.76. The van der Waals surface area contributed by atoms with E-state index in [1.165, 1.54) is 25.0 Å². The van der Waals surface area contributed by atoms with Gasteiger partial charge in [0.1, 0.15) is 0 Å². The largest absolute Gasteiger partial charge is 0.314 e. The van der Waals surface area contributed by atoms with Gasteiger partial charge in [0.25, 0.3) is 0 Å². The summed E-state index contributed by atoms with van der Waals surface area (Å²) in [7, 11) is 0. The number of aryl methyl sites for hydroxylation is 1. The second-order valence-corrected chi connectivity index (χ2v) is 4.80. The lowest BCUT2D eigenvalue weighted by Crippen LogP contribution is -2.32. The highest BCUT2D eigenvalue weighted by Gasteiger charge is 2.31. The summed E-state index contributed by atoms with van der Waals surface area (Å²) in [5.41, 5.74) is 1.23. The predicted molar refractivity (Wildman–Crippen MR) is 67.0 cm³/mol. The molecule has 3 nitrogen and oxygen atoms in total. The van der Waals surface area contributed by atoms with Crippen molar-refractivity contribution in [1.82, 2.24) is 15.1 Å². The van der Waals surface area contributed by atoms with Gasteiger partial charge in [-0.2, -0.15) is 5.10 Å². The first kappa shape index (κ1) is 11.9. The fourth-order valence-electron chi connectivity index (χ4n) is 2.79. The maximum atomic E-state index is 6.26. The zero-order valence-corrected chi connectivity index (χ0v) is 10.8. The van der Waals surface area contributed by atoms with E-state index in [4.69, 9.17) is 11.6 Å². The van der Waals surface area contributed by atoms with Crippen molar-refractivity contribution in [2.45, 2.75) is 51.6 Å². The first-order valence-corrected chi connectivity index (χ1v) is 6.60. The molecule has 0 bridgehead atoms. The second kappa shape index (κ2) is 5.19. The van der Waals surface area contributed by atoms with E-state index < -0.39 is 0 Å². The van der Waals surface area contributed by atoms with Gasteiger partial charge in [-0.15, -0.1) is 0 Å². The number of aromatic nitrogens is 2. The van der Waals surface area contributed by atoms with Crippen molar-refractivity contribution in [1.29, 1.82) is 0 Å². The Morgan fingerprint density at radius 2 is 2.31 bits per heavy atom. The van der Waals surface area contributed by atoms with Gasteiger partial charge >= 0.3 is 0 Å². The zero-order chi connectivity index (χ0) is 11.5. The molecule has 4 heteroatoms. The Morgan fingerprint density at radius 1 is 1.50 bits per heavy atom. The molecule has 0 aliphatic heterocycles. The van der Waals surface area contributed by atoms with Crippen molar-refractivity contribution in [2.75, 3.05) is 6.54 Å². The first-order chi connectivity index (χ1) is 7.77. The van der Waals surface area contributed by atoms with Crippen molar-refractivity contribution in [2.24, 2.45) is 0 Å². The van der Waals surface area contributed by atoms with Gasteiger partial charge in [0.2, 0.25) is 0 Å². The molecule has 0 spiro atoms. The van der Waals surface area contributed by atoms with Crippen molar-refractivity contribution < 1.29 is 0 Å². The lowest BCUT2D eigenvalue weighted by molar-refractivity contribution is 0.462. The average molecular weight is 242 g/mol. The molecule has 0 aromatic carbocycles. The summed E-state index contributed by atoms with van der Waals surface area (Å²) >= 11 is 6.26. The Balaban J connectivity index is 2.24. The lowest BCUT2D eigenvalue weighted by Gasteiger charge is -2.21. The summed E-state index contributed by atoms with van der Waals surface area (Å²) in [5.74, 6) is 0.537. The summed E-state index contributed by atoms with van der Waals surface area (Å²) < 4.78 is 2.04. The van der Waals surface area contributed by atoms with Gasteiger partial charge < -0.3 is 5.32 Å². The normalized spacial score (nSPS) is 25.2. The minimum Gasteiger partial charge on any atom is -0.314 e. The topological polar surface area (TPSA) is 29.9 Å². The van der Waals surface area contributed by atoms with E-state index in [1.807, 2.05) is 4.68 Å². The molecule has 1 aromatic heterocycles. The maximum Gasteiger partial charge on any atom is 0.0821 e. The van der Waals surface area contributed by atoms with Crippen LogP contribution in [0.1, 0.15) is 44.7 Å². The summed E-state index contributed by atoms with van der Waals surface area (Å²) in [6, 6.07) is 0.574. The highest BCUT2D eigenvalue weighted by atomic mass is 35.5. The van der Waals surface area contributed by atoms with Crippen LogP contribution >= 0.6 is 11.6 Å². The number of likely N-dealkylation sites (N-methyl/N-ethyl adjacent to an activating group) is 1. The van der Waals surface area contributed by atoms with E-state index in [0.29, 0.717) is 12.0 Å². The maximum absolute atomic E-state index is 6.26. The molecule has 1 aromatic rings. The quantitative estimate of drug-likeness (QED) is 0.879. The number of hydrogen-bond acceptors (Lipinski definition) is 2. The molecule has 1 fully saturated rings. The molecular weight excluding hydrogens is 222 g/mol. The van der Waals surface area contributed by atoms with Gasteiger partial charge in [0, 0.05) is 18.5 Å². The fourth-order valence-corrected chi connectivity index (χ4v) is 3.07. The highest BCUT2D eigenvalue weighted by Crippen LogP contribution is 2.37. The Labute approximate surface area is 102 Å². The molecule has 16 heavy (non-hydrogen) atoms. The molecule has 90 valence electrons. The molecule has 0 saturated heterocycles. The van der Waals surface area contributed by atoms with Crippen LogP contribution in [-0.4, -0.2) is 22.4 Å². The minimum atomic E-state index is 0.537. The van der Waals surface area contributed by atoms with Gasteiger partial charge in [-0.1, -0.05) is 24.9 Å². The van der Waals surface area contributed by atoms with Crippen LogP contribution in [0.2, 0.25) is 5.02 Å². The number of hydrogen-bond donors (Lipinski definition) is 1. The van der Waals surface area contributed by atoms with Crippen LogP contribution in [0, 0.1) is 0 Å². The van der Waals surface area contributed by atoms with Gasteiger partial charge in [-0.3, -0.25) is 4.68 Å². The first-order valence-electron chi connectivity index (χ1n) is 6.22. The van der Waals surface area contributed by atoms with Crippen LogP contribution in [0.25, 0.3) is 0 Å². The van der Waals surface area contributed by atoms with E-state index in [1.54, 1.807) is 6.20 Å². The lowest BCUT2D eigenvalue weighted by atomic mass is 9.99. The zero-order valence-electron chi connectivity index (χ0n) is 10.0. The van der Waals surface area contributed by atoms with E-state index in [0.717, 1.165) is 18.1 Å². The van der Waals surface area contributed by atoms with Crippen LogP contribution in [0.15, 0.2) is 6.20 Å². The molecule has 2 atom stereocenters. The summed E-state index contributed by atoms with van der Waals surface area (Å²) in [6.07, 6.45) is 5.54. The monoisotopic (exact) mass is 241 g/mol. The molecule has 1 saturated carbocycles. The van der Waals surface area contributed by atoms with Crippen molar-refractivity contribution in [3.63, 3.8) is 0 Å². The number of nitrogens with one attached hydrogen (secondary N) is 1. The Bertz CT molecular complexity index is 348. The predicted octanol–water partition coefficient (Wildman–Crippen LogP) is 2.80. The van der Waals surface area contributed by atoms with Crippen LogP contribution < -0.4 is 5.32 Å². The Morgan fingerprint density at radius 3 is 3.00 bits per heavy atom. The van der Waals surface area contributed by atoms with E-state index in [-0.39, 0.29) is 0 Å². The van der Waals surface area contributed by atoms with Crippen LogP contribution in [0.5, 0.6) is 0 Å². The van der Waals surface area contributed by atoms with Gasteiger partial charge in [-0.25, -0.2) is 0 Å². The highest BCUT2D eigenvalue weighted by molar-refractivity contribution is 6.31. The summed E-state index contributed by atoms with van der Waals surface area (Å²) in [4.78, 5) is 0. The summed E-state index contributed by atoms with van der Waals surface area (Å²) in [6.45, 7) is 6.20. The van der Waals surface area contributed by atoms with E-state index >= 15 is 0 Å². The van der Waals surface area contributed by atoms with Crippen LogP contribution in [-0.2, 0) is 6.54 Å². The molecule has 1 heterocycles. The van der Waals surface area contributed by atoms with Crippen molar-refractivity contribution >= 4 is 11.6 Å². The second-order valence-electron chi connectivity index (χ2n) is 4.40. The molecule has 1 N–H and O–H groups in total. The number of rotatable bonds is 4. The molecule has 0 radical (unpaired) electrons. The van der Waals surface area contributed by atoms with E-state index in [9.17, 15) is 0 Å². The van der Waals surface area contributed by atoms with Gasteiger partial charge in [0.15, 0.2) is 0 Å². The van der Waals surface area contributed by atoms with Gasteiger partial charge in [-0.05, 0) is 26.3 Å². The third-order valence-electron chi connectivity index (χ3n) is 3.47. The average Bonchev–Trinajstić information content (AvgIpc) is 2.85. The smallest absolute Gasteiger partial charge is 0.0821 e. The van der Waals surface area contributed by atoms with Crippen molar-refractivity contribution in [3.8, 4) is 0 Å². The molecule has 1 aliphatic rings. The van der Waals surface area contributed by atoms with E-state index in [2.05, 4.69) is 24.3 Å². The molecule has 1 aliphatic carbocycles. The number of halogens is 1. The molecule has 0 amide bonds. The third kappa shape index (κ3) is 2.11. The standard InChI is InChI=1S/C12H20ClN3/c1-3-14-11-7-5-6-9(11)12-10(13)8-15-16(12)4-2/h8-9,11,14H,3-7H2,1-2H3. The SMILES string of the molecule is CCNC1CCCC1c1c(Cl)cnn1CC. The van der Waals surface area contributed by atoms with Gasteiger partial charge in [0.05, 0.1) is 16.9 Å². The summed E-state index contributed by atoms with van der Waals surface area (Å²) in [5, 5.41) is 8.72. The van der Waals surface area contributed by atoms with Crippen molar-refractivity contribution in [3.05, 3.63) is 16.9 Å². The van der Waals surface area contributed by atoms with Crippen LogP contribution in [0.4, 0.5) is 0 Å². The van der Waals surface area contributed by atoms with Crippen LogP contribution in [0.3, 0.4) is 0 Å². The molecule has 2 unspecified atom stereocenters. The minimum absolute atomic E-state index is 0.537.